The molecule has 1 saturated heterocycles. The van der Waals surface area contributed by atoms with E-state index in [1.807, 2.05) is 34.5 Å². The van der Waals surface area contributed by atoms with E-state index in [9.17, 15) is 9.18 Å². The molecule has 0 bridgehead atoms. The summed E-state index contributed by atoms with van der Waals surface area (Å²) >= 11 is 1.53. The Morgan fingerprint density at radius 2 is 2.00 bits per heavy atom. The number of carbonyl (C=O) groups excluding carboxylic acids is 1. The topological polar surface area (TPSA) is 49.3 Å². The van der Waals surface area contributed by atoms with Crippen molar-refractivity contribution < 1.29 is 9.18 Å². The minimum Gasteiger partial charge on any atom is -0.341 e. The minimum atomic E-state index is -0.169. The second-order valence-electron chi connectivity index (χ2n) is 7.16. The minimum absolute atomic E-state index is 0.0979. The van der Waals surface area contributed by atoms with Crippen molar-refractivity contribution in [3.63, 3.8) is 0 Å². The van der Waals surface area contributed by atoms with Gasteiger partial charge in [0, 0.05) is 61.6 Å². The third kappa shape index (κ3) is 5.05. The van der Waals surface area contributed by atoms with Crippen LogP contribution in [0.4, 0.5) is 4.39 Å². The molecule has 1 aromatic carbocycles. The van der Waals surface area contributed by atoms with Crippen LogP contribution in [0.1, 0.15) is 17.7 Å². The Morgan fingerprint density at radius 1 is 1.10 bits per heavy atom. The molecule has 1 amide bonds. The first kappa shape index (κ1) is 19.7. The summed E-state index contributed by atoms with van der Waals surface area (Å²) in [6.07, 6.45) is 4.71. The van der Waals surface area contributed by atoms with E-state index in [4.69, 9.17) is 0 Å². The molecular formula is C22H23FN4OS. The Hall–Kier alpha value is -2.64. The standard InChI is InChI=1S/C22H23FN4OS/c23-20-7-2-1-5-18(20)15-26-9-4-10-27(12-11-26)21(28)13-19-16-29-22(25-19)17-6-3-8-24-14-17/h1-3,5-8,14,16H,4,9-13,15H2. The number of rotatable bonds is 5. The first-order valence-electron chi connectivity index (χ1n) is 9.77. The molecule has 0 atom stereocenters. The summed E-state index contributed by atoms with van der Waals surface area (Å²) in [4.78, 5) is 25.6. The smallest absolute Gasteiger partial charge is 0.228 e. The third-order valence-electron chi connectivity index (χ3n) is 5.09. The van der Waals surface area contributed by atoms with Crippen LogP contribution in [0.2, 0.25) is 0 Å². The Balaban J connectivity index is 1.33. The molecule has 0 saturated carbocycles. The second-order valence-corrected chi connectivity index (χ2v) is 8.02. The highest BCUT2D eigenvalue weighted by Crippen LogP contribution is 2.23. The van der Waals surface area contributed by atoms with Crippen LogP contribution < -0.4 is 0 Å². The fraction of sp³-hybridized carbons (Fsp3) is 0.318. The molecule has 29 heavy (non-hydrogen) atoms. The summed E-state index contributed by atoms with van der Waals surface area (Å²) in [6, 6.07) is 10.7. The van der Waals surface area contributed by atoms with Gasteiger partial charge in [0.25, 0.3) is 0 Å². The summed E-state index contributed by atoms with van der Waals surface area (Å²) < 4.78 is 13.9. The molecule has 3 aromatic rings. The number of aromatic nitrogens is 2. The van der Waals surface area contributed by atoms with E-state index in [1.165, 1.54) is 17.4 Å². The molecule has 1 fully saturated rings. The van der Waals surface area contributed by atoms with Gasteiger partial charge in [0.05, 0.1) is 12.1 Å². The van der Waals surface area contributed by atoms with Gasteiger partial charge < -0.3 is 4.90 Å². The lowest BCUT2D eigenvalue weighted by Gasteiger charge is -2.22. The lowest BCUT2D eigenvalue weighted by atomic mass is 10.2. The molecule has 2 aromatic heterocycles. The quantitative estimate of drug-likeness (QED) is 0.645. The maximum Gasteiger partial charge on any atom is 0.228 e. The van der Waals surface area contributed by atoms with E-state index in [-0.39, 0.29) is 11.7 Å². The highest BCUT2D eigenvalue weighted by molar-refractivity contribution is 7.13. The zero-order chi connectivity index (χ0) is 20.1. The van der Waals surface area contributed by atoms with E-state index >= 15 is 0 Å². The molecule has 0 radical (unpaired) electrons. The van der Waals surface area contributed by atoms with E-state index in [1.54, 1.807) is 18.5 Å². The first-order valence-corrected chi connectivity index (χ1v) is 10.7. The first-order chi connectivity index (χ1) is 14.2. The second kappa shape index (κ2) is 9.24. The lowest BCUT2D eigenvalue weighted by Crippen LogP contribution is -2.36. The molecule has 3 heterocycles. The highest BCUT2D eigenvalue weighted by Gasteiger charge is 2.21. The van der Waals surface area contributed by atoms with Gasteiger partial charge in [-0.1, -0.05) is 18.2 Å². The van der Waals surface area contributed by atoms with Gasteiger partial charge in [-0.05, 0) is 24.6 Å². The number of nitrogens with zero attached hydrogens (tertiary/aromatic N) is 4. The molecule has 1 aliphatic rings. The third-order valence-corrected chi connectivity index (χ3v) is 6.03. The van der Waals surface area contributed by atoms with Gasteiger partial charge in [-0.25, -0.2) is 9.37 Å². The van der Waals surface area contributed by atoms with Crippen LogP contribution in [-0.4, -0.2) is 51.9 Å². The summed E-state index contributed by atoms with van der Waals surface area (Å²) in [6.45, 7) is 3.58. The average molecular weight is 411 g/mol. The van der Waals surface area contributed by atoms with Gasteiger partial charge in [0.1, 0.15) is 10.8 Å². The number of halogens is 1. The normalized spacial score (nSPS) is 15.3. The zero-order valence-electron chi connectivity index (χ0n) is 16.1. The maximum absolute atomic E-state index is 13.9. The number of amides is 1. The Kier molecular flexibility index (Phi) is 6.27. The Bertz CT molecular complexity index is 962. The molecule has 7 heteroatoms. The number of hydrogen-bond acceptors (Lipinski definition) is 5. The molecule has 5 nitrogen and oxygen atoms in total. The molecule has 0 spiro atoms. The summed E-state index contributed by atoms with van der Waals surface area (Å²) in [7, 11) is 0. The van der Waals surface area contributed by atoms with Crippen molar-refractivity contribution in [2.75, 3.05) is 26.2 Å². The van der Waals surface area contributed by atoms with Crippen LogP contribution in [0.15, 0.2) is 54.2 Å². The molecule has 150 valence electrons. The maximum atomic E-state index is 13.9. The van der Waals surface area contributed by atoms with Crippen molar-refractivity contribution in [3.8, 4) is 10.6 Å². The van der Waals surface area contributed by atoms with Gasteiger partial charge in [0.2, 0.25) is 5.91 Å². The van der Waals surface area contributed by atoms with Crippen LogP contribution in [0, 0.1) is 5.82 Å². The fourth-order valence-electron chi connectivity index (χ4n) is 3.52. The number of carbonyl (C=O) groups is 1. The van der Waals surface area contributed by atoms with Crippen LogP contribution >= 0.6 is 11.3 Å². The van der Waals surface area contributed by atoms with E-state index < -0.39 is 0 Å². The molecule has 4 rings (SSSR count). The fourth-order valence-corrected chi connectivity index (χ4v) is 4.33. The van der Waals surface area contributed by atoms with E-state index in [2.05, 4.69) is 14.9 Å². The zero-order valence-corrected chi connectivity index (χ0v) is 16.9. The summed E-state index contributed by atoms with van der Waals surface area (Å²) in [5.41, 5.74) is 2.47. The van der Waals surface area contributed by atoms with Crippen LogP contribution in [0.3, 0.4) is 0 Å². The Labute approximate surface area is 173 Å². The van der Waals surface area contributed by atoms with E-state index in [0.717, 1.165) is 42.3 Å². The summed E-state index contributed by atoms with van der Waals surface area (Å²) in [5, 5.41) is 2.83. The van der Waals surface area contributed by atoms with Crippen molar-refractivity contribution in [2.45, 2.75) is 19.4 Å². The van der Waals surface area contributed by atoms with Gasteiger partial charge >= 0.3 is 0 Å². The van der Waals surface area contributed by atoms with Crippen LogP contribution in [-0.2, 0) is 17.8 Å². The average Bonchev–Trinajstić information content (AvgIpc) is 3.08. The SMILES string of the molecule is O=C(Cc1csc(-c2cccnc2)n1)N1CCCN(Cc2ccccc2F)CC1. The predicted octanol–water partition coefficient (Wildman–Crippen LogP) is 3.62. The van der Waals surface area contributed by atoms with Crippen molar-refractivity contribution >= 4 is 17.2 Å². The largest absolute Gasteiger partial charge is 0.341 e. The molecule has 0 N–H and O–H groups in total. The summed E-state index contributed by atoms with van der Waals surface area (Å²) in [5.74, 6) is -0.0709. The predicted molar refractivity (Wildman–Crippen MR) is 112 cm³/mol. The van der Waals surface area contributed by atoms with Gasteiger partial charge in [-0.3, -0.25) is 14.7 Å². The van der Waals surface area contributed by atoms with Gasteiger partial charge in [-0.15, -0.1) is 11.3 Å². The Morgan fingerprint density at radius 3 is 2.83 bits per heavy atom. The number of benzene rings is 1. The molecule has 0 unspecified atom stereocenters. The van der Waals surface area contributed by atoms with Crippen molar-refractivity contribution in [3.05, 3.63) is 71.2 Å². The van der Waals surface area contributed by atoms with Crippen LogP contribution in [0.5, 0.6) is 0 Å². The molecular weight excluding hydrogens is 387 g/mol. The van der Waals surface area contributed by atoms with E-state index in [0.29, 0.717) is 25.1 Å². The van der Waals surface area contributed by atoms with Crippen molar-refractivity contribution in [1.82, 2.24) is 19.8 Å². The monoisotopic (exact) mass is 410 g/mol. The highest BCUT2D eigenvalue weighted by atomic mass is 32.1. The molecule has 0 aliphatic carbocycles. The number of pyridine rings is 1. The lowest BCUT2D eigenvalue weighted by molar-refractivity contribution is -0.130. The number of hydrogen-bond donors (Lipinski definition) is 0. The van der Waals surface area contributed by atoms with Crippen LogP contribution in [0.25, 0.3) is 10.6 Å². The molecule has 1 aliphatic heterocycles. The van der Waals surface area contributed by atoms with Gasteiger partial charge in [0.15, 0.2) is 0 Å². The van der Waals surface area contributed by atoms with Crippen molar-refractivity contribution in [1.29, 1.82) is 0 Å². The van der Waals surface area contributed by atoms with Gasteiger partial charge in [-0.2, -0.15) is 0 Å². The number of thiazole rings is 1. The van der Waals surface area contributed by atoms with Crippen molar-refractivity contribution in [2.24, 2.45) is 0 Å².